The third-order valence-electron chi connectivity index (χ3n) is 2.94. The zero-order valence-electron chi connectivity index (χ0n) is 10.1. The lowest BCUT2D eigenvalue weighted by Crippen LogP contribution is -2.14. The van der Waals surface area contributed by atoms with Crippen molar-refractivity contribution < 1.29 is 4.39 Å². The van der Waals surface area contributed by atoms with Crippen molar-refractivity contribution in [2.45, 2.75) is 13.0 Å². The molecule has 2 aromatic rings. The molecular formula is C14H11Br2ClFN. The van der Waals surface area contributed by atoms with Gasteiger partial charge in [-0.2, -0.15) is 0 Å². The third kappa shape index (κ3) is 3.02. The molecule has 0 aromatic heterocycles. The van der Waals surface area contributed by atoms with E-state index in [1.807, 2.05) is 25.1 Å². The first kappa shape index (κ1) is 15.0. The number of aryl methyl sites for hydroxylation is 1. The van der Waals surface area contributed by atoms with Gasteiger partial charge in [0, 0.05) is 14.5 Å². The molecule has 2 N–H and O–H groups in total. The molecule has 1 nitrogen and oxygen atoms in total. The Hall–Kier alpha value is -0.420. The molecule has 1 unspecified atom stereocenters. The van der Waals surface area contributed by atoms with Crippen LogP contribution in [-0.4, -0.2) is 0 Å². The second kappa shape index (κ2) is 5.92. The van der Waals surface area contributed by atoms with Gasteiger partial charge in [-0.25, -0.2) is 4.39 Å². The van der Waals surface area contributed by atoms with Crippen LogP contribution in [-0.2, 0) is 0 Å². The minimum atomic E-state index is -0.544. The monoisotopic (exact) mass is 405 g/mol. The zero-order chi connectivity index (χ0) is 14.2. The molecule has 19 heavy (non-hydrogen) atoms. The maximum absolute atomic E-state index is 14.1. The highest BCUT2D eigenvalue weighted by molar-refractivity contribution is 9.10. The Labute approximate surface area is 133 Å². The van der Waals surface area contributed by atoms with Gasteiger partial charge in [0.1, 0.15) is 5.82 Å². The van der Waals surface area contributed by atoms with Crippen LogP contribution in [0.1, 0.15) is 22.7 Å². The Morgan fingerprint density at radius 1 is 1.16 bits per heavy atom. The molecule has 2 aromatic carbocycles. The van der Waals surface area contributed by atoms with E-state index >= 15 is 0 Å². The summed E-state index contributed by atoms with van der Waals surface area (Å²) in [7, 11) is 0. The normalized spacial score (nSPS) is 12.5. The van der Waals surface area contributed by atoms with E-state index in [9.17, 15) is 4.39 Å². The highest BCUT2D eigenvalue weighted by Crippen LogP contribution is 2.32. The van der Waals surface area contributed by atoms with Crippen LogP contribution >= 0.6 is 43.5 Å². The first-order valence-corrected chi connectivity index (χ1v) is 7.53. The molecule has 0 fully saturated rings. The summed E-state index contributed by atoms with van der Waals surface area (Å²) < 4.78 is 15.6. The van der Waals surface area contributed by atoms with Crippen molar-refractivity contribution >= 4 is 43.5 Å². The lowest BCUT2D eigenvalue weighted by Gasteiger charge is -2.15. The highest BCUT2D eigenvalue weighted by atomic mass is 79.9. The second-order valence-corrected chi connectivity index (χ2v) is 6.34. The topological polar surface area (TPSA) is 26.0 Å². The summed E-state index contributed by atoms with van der Waals surface area (Å²) in [6.07, 6.45) is 0. The summed E-state index contributed by atoms with van der Waals surface area (Å²) in [5.41, 5.74) is 8.41. The average Bonchev–Trinajstić information content (AvgIpc) is 2.39. The lowest BCUT2D eigenvalue weighted by atomic mass is 9.98. The van der Waals surface area contributed by atoms with Gasteiger partial charge in [-0.1, -0.05) is 45.7 Å². The first-order valence-electron chi connectivity index (χ1n) is 5.57. The minimum absolute atomic E-state index is 0.0572. The number of nitrogens with two attached hydrogens (primary N) is 1. The van der Waals surface area contributed by atoms with Crippen LogP contribution < -0.4 is 5.73 Å². The van der Waals surface area contributed by atoms with Crippen LogP contribution in [0.2, 0.25) is 5.02 Å². The molecule has 5 heteroatoms. The molecule has 0 heterocycles. The zero-order valence-corrected chi connectivity index (χ0v) is 14.0. The SMILES string of the molecule is Cc1cc(C(N)c2ccc(Br)c(Cl)c2F)ccc1Br. The summed E-state index contributed by atoms with van der Waals surface area (Å²) >= 11 is 12.5. The van der Waals surface area contributed by atoms with Crippen LogP contribution in [0.5, 0.6) is 0 Å². The lowest BCUT2D eigenvalue weighted by molar-refractivity contribution is 0.599. The summed E-state index contributed by atoms with van der Waals surface area (Å²) in [6.45, 7) is 1.96. The van der Waals surface area contributed by atoms with Gasteiger partial charge in [0.15, 0.2) is 0 Å². The quantitative estimate of drug-likeness (QED) is 0.667. The largest absolute Gasteiger partial charge is 0.320 e. The Morgan fingerprint density at radius 2 is 1.79 bits per heavy atom. The number of halogens is 4. The molecule has 0 amide bonds. The van der Waals surface area contributed by atoms with E-state index in [2.05, 4.69) is 31.9 Å². The highest BCUT2D eigenvalue weighted by Gasteiger charge is 2.17. The molecule has 0 saturated heterocycles. The molecule has 2 rings (SSSR count). The van der Waals surface area contributed by atoms with E-state index in [4.69, 9.17) is 17.3 Å². The molecule has 0 aliphatic rings. The minimum Gasteiger partial charge on any atom is -0.320 e. The van der Waals surface area contributed by atoms with Crippen molar-refractivity contribution in [3.63, 3.8) is 0 Å². The summed E-state index contributed by atoms with van der Waals surface area (Å²) in [6, 6.07) is 8.52. The second-order valence-electron chi connectivity index (χ2n) is 4.25. The Morgan fingerprint density at radius 3 is 2.42 bits per heavy atom. The third-order valence-corrected chi connectivity index (χ3v) is 5.09. The van der Waals surface area contributed by atoms with Crippen LogP contribution in [0.3, 0.4) is 0 Å². The molecule has 0 spiro atoms. The van der Waals surface area contributed by atoms with Crippen LogP contribution in [0.25, 0.3) is 0 Å². The number of benzene rings is 2. The predicted molar refractivity (Wildman–Crippen MR) is 84.0 cm³/mol. The fourth-order valence-electron chi connectivity index (χ4n) is 1.82. The Bertz CT molecular complexity index is 631. The molecule has 0 saturated carbocycles. The van der Waals surface area contributed by atoms with E-state index < -0.39 is 11.9 Å². The van der Waals surface area contributed by atoms with Gasteiger partial charge in [0.05, 0.1) is 11.1 Å². The van der Waals surface area contributed by atoms with Gasteiger partial charge in [-0.3, -0.25) is 0 Å². The van der Waals surface area contributed by atoms with Gasteiger partial charge >= 0.3 is 0 Å². The maximum Gasteiger partial charge on any atom is 0.148 e. The fourth-order valence-corrected chi connectivity index (χ4v) is 2.55. The average molecular weight is 408 g/mol. The van der Waals surface area contributed by atoms with Crippen molar-refractivity contribution in [2.75, 3.05) is 0 Å². The molecule has 0 radical (unpaired) electrons. The van der Waals surface area contributed by atoms with Crippen LogP contribution in [0.15, 0.2) is 39.3 Å². The Balaban J connectivity index is 2.47. The number of rotatable bonds is 2. The maximum atomic E-state index is 14.1. The fraction of sp³-hybridized carbons (Fsp3) is 0.143. The standard InChI is InChI=1S/C14H11Br2ClFN/c1-7-6-8(2-4-10(7)15)14(19)9-3-5-11(16)12(17)13(9)18/h2-6,14H,19H2,1H3. The van der Waals surface area contributed by atoms with E-state index in [1.165, 1.54) is 0 Å². The number of hydrogen-bond donors (Lipinski definition) is 1. The first-order chi connectivity index (χ1) is 8.91. The van der Waals surface area contributed by atoms with Crippen LogP contribution in [0, 0.1) is 12.7 Å². The Kier molecular flexibility index (Phi) is 4.66. The molecule has 0 bridgehead atoms. The van der Waals surface area contributed by atoms with Gasteiger partial charge in [0.25, 0.3) is 0 Å². The van der Waals surface area contributed by atoms with Crippen molar-refractivity contribution in [1.82, 2.24) is 0 Å². The van der Waals surface area contributed by atoms with E-state index in [0.29, 0.717) is 10.0 Å². The van der Waals surface area contributed by atoms with E-state index in [0.717, 1.165) is 15.6 Å². The van der Waals surface area contributed by atoms with Crippen LogP contribution in [0.4, 0.5) is 4.39 Å². The van der Waals surface area contributed by atoms with Gasteiger partial charge in [-0.15, -0.1) is 0 Å². The summed E-state index contributed by atoms with van der Waals surface area (Å²) in [4.78, 5) is 0. The molecule has 100 valence electrons. The molecule has 0 aliphatic carbocycles. The molecular weight excluding hydrogens is 396 g/mol. The summed E-state index contributed by atoms with van der Waals surface area (Å²) in [5.74, 6) is -0.482. The van der Waals surface area contributed by atoms with E-state index in [1.54, 1.807) is 12.1 Å². The van der Waals surface area contributed by atoms with E-state index in [-0.39, 0.29) is 5.02 Å². The van der Waals surface area contributed by atoms with Crippen molar-refractivity contribution in [3.8, 4) is 0 Å². The van der Waals surface area contributed by atoms with Gasteiger partial charge in [-0.05, 0) is 46.1 Å². The summed E-state index contributed by atoms with van der Waals surface area (Å²) in [5, 5.41) is 0.0572. The van der Waals surface area contributed by atoms with Crippen molar-refractivity contribution in [3.05, 3.63) is 66.8 Å². The molecule has 0 aliphatic heterocycles. The van der Waals surface area contributed by atoms with Crippen molar-refractivity contribution in [2.24, 2.45) is 5.73 Å². The molecule has 1 atom stereocenters. The predicted octanol–water partition coefficient (Wildman–Crippen LogP) is 5.36. The van der Waals surface area contributed by atoms with Gasteiger partial charge < -0.3 is 5.73 Å². The number of hydrogen-bond acceptors (Lipinski definition) is 1. The van der Waals surface area contributed by atoms with Crippen molar-refractivity contribution in [1.29, 1.82) is 0 Å². The smallest absolute Gasteiger partial charge is 0.148 e. The van der Waals surface area contributed by atoms with Gasteiger partial charge in [0.2, 0.25) is 0 Å².